The molecule has 1 aliphatic heterocycles. The van der Waals surface area contributed by atoms with Crippen molar-refractivity contribution in [3.05, 3.63) is 35.9 Å². The highest BCUT2D eigenvalue weighted by Gasteiger charge is 2.23. The summed E-state index contributed by atoms with van der Waals surface area (Å²) in [6.45, 7) is 7.74. The number of hydrogen-bond donors (Lipinski definition) is 0. The minimum atomic E-state index is 0.584. The van der Waals surface area contributed by atoms with Crippen LogP contribution in [-0.4, -0.2) is 42.7 Å². The zero-order valence-electron chi connectivity index (χ0n) is 14.1. The summed E-state index contributed by atoms with van der Waals surface area (Å²) in [6.07, 6.45) is 4.16. The SMILES string of the molecule is Cc1nc(C)n(C[C@@H]2CCCN(Cc3nc4ncccc4o3)C2)n1. The second kappa shape index (κ2) is 6.32. The third-order valence-corrected chi connectivity index (χ3v) is 4.56. The molecule has 0 amide bonds. The molecule has 3 aromatic heterocycles. The molecule has 1 fully saturated rings. The molecule has 3 aromatic rings. The predicted octanol–water partition coefficient (Wildman–Crippen LogP) is 2.34. The summed E-state index contributed by atoms with van der Waals surface area (Å²) in [5.41, 5.74) is 1.45. The zero-order chi connectivity index (χ0) is 16.5. The molecule has 4 heterocycles. The highest BCUT2D eigenvalue weighted by molar-refractivity contribution is 5.66. The van der Waals surface area contributed by atoms with Crippen molar-refractivity contribution >= 4 is 11.2 Å². The number of aryl methyl sites for hydroxylation is 2. The fraction of sp³-hybridized carbons (Fsp3) is 0.529. The van der Waals surface area contributed by atoms with Gasteiger partial charge in [-0.3, -0.25) is 4.90 Å². The Bertz CT molecular complexity index is 806. The van der Waals surface area contributed by atoms with Gasteiger partial charge in [0.05, 0.1) is 6.54 Å². The average molecular weight is 326 g/mol. The number of oxazole rings is 1. The number of rotatable bonds is 4. The van der Waals surface area contributed by atoms with E-state index in [1.807, 2.05) is 30.7 Å². The standard InChI is InChI=1S/C17H22N6O/c1-12-19-13(2)23(21-12)10-14-5-4-8-22(9-14)11-16-20-17-15(24-16)6-3-7-18-17/h3,6-7,14H,4-5,8-11H2,1-2H3/t14-/m1/s1. The van der Waals surface area contributed by atoms with Crippen LogP contribution in [0.15, 0.2) is 22.7 Å². The van der Waals surface area contributed by atoms with Crippen LogP contribution < -0.4 is 0 Å². The van der Waals surface area contributed by atoms with Gasteiger partial charge in [0.25, 0.3) is 0 Å². The lowest BCUT2D eigenvalue weighted by atomic mass is 9.98. The molecule has 24 heavy (non-hydrogen) atoms. The van der Waals surface area contributed by atoms with Gasteiger partial charge in [0, 0.05) is 19.3 Å². The molecule has 0 spiro atoms. The normalized spacial score (nSPS) is 19.2. The van der Waals surface area contributed by atoms with E-state index in [0.29, 0.717) is 11.6 Å². The summed E-state index contributed by atoms with van der Waals surface area (Å²) < 4.78 is 7.84. The van der Waals surface area contributed by atoms with Crippen molar-refractivity contribution < 1.29 is 4.42 Å². The first-order valence-electron chi connectivity index (χ1n) is 8.48. The Hall–Kier alpha value is -2.28. The summed E-state index contributed by atoms with van der Waals surface area (Å²) in [4.78, 5) is 15.5. The van der Waals surface area contributed by atoms with E-state index in [2.05, 4.69) is 25.0 Å². The molecule has 0 saturated carbocycles. The van der Waals surface area contributed by atoms with E-state index in [4.69, 9.17) is 4.42 Å². The molecule has 0 unspecified atom stereocenters. The number of hydrogen-bond acceptors (Lipinski definition) is 6. The van der Waals surface area contributed by atoms with E-state index in [-0.39, 0.29) is 0 Å². The van der Waals surface area contributed by atoms with Gasteiger partial charge >= 0.3 is 0 Å². The van der Waals surface area contributed by atoms with E-state index in [1.54, 1.807) is 6.20 Å². The van der Waals surface area contributed by atoms with Crippen LogP contribution in [0.1, 0.15) is 30.4 Å². The fourth-order valence-electron chi connectivity index (χ4n) is 3.50. The molecule has 1 aliphatic rings. The summed E-state index contributed by atoms with van der Waals surface area (Å²) in [5.74, 6) is 3.17. The van der Waals surface area contributed by atoms with E-state index < -0.39 is 0 Å². The van der Waals surface area contributed by atoms with Gasteiger partial charge in [0.2, 0.25) is 5.89 Å². The summed E-state index contributed by atoms with van der Waals surface area (Å²) in [7, 11) is 0. The third-order valence-electron chi connectivity index (χ3n) is 4.56. The molecule has 0 radical (unpaired) electrons. The maximum atomic E-state index is 5.80. The second-order valence-electron chi connectivity index (χ2n) is 6.56. The number of piperidine rings is 1. The Kier molecular flexibility index (Phi) is 4.02. The van der Waals surface area contributed by atoms with E-state index >= 15 is 0 Å². The van der Waals surface area contributed by atoms with Crippen molar-refractivity contribution in [2.75, 3.05) is 13.1 Å². The van der Waals surface area contributed by atoms with Gasteiger partial charge in [0.1, 0.15) is 11.6 Å². The first-order chi connectivity index (χ1) is 11.7. The van der Waals surface area contributed by atoms with Crippen molar-refractivity contribution in [1.82, 2.24) is 29.6 Å². The summed E-state index contributed by atoms with van der Waals surface area (Å²) in [6, 6.07) is 3.78. The van der Waals surface area contributed by atoms with Gasteiger partial charge < -0.3 is 4.42 Å². The molecule has 0 aliphatic carbocycles. The van der Waals surface area contributed by atoms with Crippen LogP contribution in [-0.2, 0) is 13.1 Å². The minimum Gasteiger partial charge on any atom is -0.438 e. The quantitative estimate of drug-likeness (QED) is 0.733. The third kappa shape index (κ3) is 3.17. The maximum Gasteiger partial charge on any atom is 0.211 e. The predicted molar refractivity (Wildman–Crippen MR) is 89.3 cm³/mol. The summed E-state index contributed by atoms with van der Waals surface area (Å²) >= 11 is 0. The van der Waals surface area contributed by atoms with E-state index in [9.17, 15) is 0 Å². The van der Waals surface area contributed by atoms with Crippen molar-refractivity contribution in [1.29, 1.82) is 0 Å². The highest BCUT2D eigenvalue weighted by Crippen LogP contribution is 2.21. The molecule has 0 bridgehead atoms. The van der Waals surface area contributed by atoms with Crippen LogP contribution in [0.4, 0.5) is 0 Å². The van der Waals surface area contributed by atoms with E-state index in [1.165, 1.54) is 12.8 Å². The van der Waals surface area contributed by atoms with Crippen LogP contribution >= 0.6 is 0 Å². The maximum absolute atomic E-state index is 5.80. The Balaban J connectivity index is 1.42. The smallest absolute Gasteiger partial charge is 0.211 e. The number of pyridine rings is 1. The van der Waals surface area contributed by atoms with Gasteiger partial charge in [-0.05, 0) is 51.3 Å². The minimum absolute atomic E-state index is 0.584. The molecule has 0 aromatic carbocycles. The van der Waals surface area contributed by atoms with Gasteiger partial charge in [-0.2, -0.15) is 10.1 Å². The lowest BCUT2D eigenvalue weighted by Gasteiger charge is -2.31. The number of aromatic nitrogens is 5. The molecular weight excluding hydrogens is 304 g/mol. The molecule has 1 saturated heterocycles. The molecule has 7 nitrogen and oxygen atoms in total. The molecule has 7 heteroatoms. The Labute approximate surface area is 140 Å². The van der Waals surface area contributed by atoms with Gasteiger partial charge in [0.15, 0.2) is 11.2 Å². The van der Waals surface area contributed by atoms with Crippen LogP contribution in [0.25, 0.3) is 11.2 Å². The Morgan fingerprint density at radius 3 is 3.00 bits per heavy atom. The van der Waals surface area contributed by atoms with Gasteiger partial charge in [-0.25, -0.2) is 14.6 Å². The fourth-order valence-corrected chi connectivity index (χ4v) is 3.50. The van der Waals surface area contributed by atoms with Crippen molar-refractivity contribution in [3.8, 4) is 0 Å². The molecule has 0 N–H and O–H groups in total. The Morgan fingerprint density at radius 2 is 2.21 bits per heavy atom. The van der Waals surface area contributed by atoms with Gasteiger partial charge in [-0.15, -0.1) is 0 Å². The molecular formula is C17H22N6O. The number of fused-ring (bicyclic) bond motifs is 1. The highest BCUT2D eigenvalue weighted by atomic mass is 16.3. The van der Waals surface area contributed by atoms with Crippen LogP contribution in [0.5, 0.6) is 0 Å². The van der Waals surface area contributed by atoms with Crippen molar-refractivity contribution in [2.45, 2.75) is 39.8 Å². The average Bonchev–Trinajstić information content (AvgIpc) is 3.10. The van der Waals surface area contributed by atoms with E-state index in [0.717, 1.165) is 49.3 Å². The molecule has 4 rings (SSSR count). The Morgan fingerprint density at radius 1 is 1.29 bits per heavy atom. The molecule has 1 atom stereocenters. The second-order valence-corrected chi connectivity index (χ2v) is 6.56. The molecule has 126 valence electrons. The lowest BCUT2D eigenvalue weighted by molar-refractivity contribution is 0.142. The topological polar surface area (TPSA) is 72.9 Å². The van der Waals surface area contributed by atoms with Crippen LogP contribution in [0, 0.1) is 19.8 Å². The van der Waals surface area contributed by atoms with Crippen LogP contribution in [0.3, 0.4) is 0 Å². The number of likely N-dealkylation sites (tertiary alicyclic amines) is 1. The van der Waals surface area contributed by atoms with Crippen molar-refractivity contribution in [2.24, 2.45) is 5.92 Å². The lowest BCUT2D eigenvalue weighted by Crippen LogP contribution is -2.37. The largest absolute Gasteiger partial charge is 0.438 e. The first-order valence-corrected chi connectivity index (χ1v) is 8.48. The van der Waals surface area contributed by atoms with Crippen molar-refractivity contribution in [3.63, 3.8) is 0 Å². The monoisotopic (exact) mass is 326 g/mol. The number of nitrogens with zero attached hydrogens (tertiary/aromatic N) is 6. The van der Waals surface area contributed by atoms with Crippen LogP contribution in [0.2, 0.25) is 0 Å². The zero-order valence-corrected chi connectivity index (χ0v) is 14.1. The summed E-state index contributed by atoms with van der Waals surface area (Å²) in [5, 5.41) is 4.49. The first kappa shape index (κ1) is 15.3. The van der Waals surface area contributed by atoms with Gasteiger partial charge in [-0.1, -0.05) is 0 Å².